The molecule has 0 aromatic heterocycles. The summed E-state index contributed by atoms with van der Waals surface area (Å²) in [5, 5.41) is 4.95. The topological polar surface area (TPSA) is 32.7 Å². The summed E-state index contributed by atoms with van der Waals surface area (Å²) in [4.78, 5) is 11.4. The molecule has 1 aliphatic rings. The van der Waals surface area contributed by atoms with Gasteiger partial charge in [-0.3, -0.25) is 4.79 Å². The molecule has 1 aromatic carbocycles. The minimum absolute atomic E-state index is 0.343. The molecule has 0 saturated heterocycles. The highest BCUT2D eigenvalue weighted by molar-refractivity contribution is 6.31. The van der Waals surface area contributed by atoms with Crippen molar-refractivity contribution in [3.05, 3.63) is 29.3 Å². The molecule has 1 aromatic rings. The summed E-state index contributed by atoms with van der Waals surface area (Å²) in [6, 6.07) is 6.34. The van der Waals surface area contributed by atoms with Crippen LogP contribution >= 0.6 is 11.6 Å². The first-order valence-electron chi connectivity index (χ1n) is 4.52. The van der Waals surface area contributed by atoms with E-state index in [1.165, 1.54) is 6.07 Å². The first-order valence-corrected chi connectivity index (χ1v) is 4.90. The van der Waals surface area contributed by atoms with E-state index in [0.29, 0.717) is 10.7 Å². The maximum Gasteiger partial charge on any atom is 0.278 e. The summed E-state index contributed by atoms with van der Waals surface area (Å²) in [5.41, 5.74) is -0.0156. The molecular weight excluding hydrogens is 238 g/mol. The lowest BCUT2D eigenvalue weighted by Crippen LogP contribution is -2.19. The van der Waals surface area contributed by atoms with Gasteiger partial charge in [-0.15, -0.1) is 0 Å². The first kappa shape index (κ1) is 11.0. The lowest BCUT2D eigenvalue weighted by Gasteiger charge is -2.11. The van der Waals surface area contributed by atoms with Crippen molar-refractivity contribution in [2.45, 2.75) is 12.8 Å². The summed E-state index contributed by atoms with van der Waals surface area (Å²) >= 11 is 5.74. The molecule has 0 fully saturated rings. The van der Waals surface area contributed by atoms with Gasteiger partial charge in [0.15, 0.2) is 0 Å². The molecule has 3 nitrogen and oxygen atoms in total. The highest BCUT2D eigenvalue weighted by Crippen LogP contribution is 2.24. The van der Waals surface area contributed by atoms with E-state index in [1.54, 1.807) is 18.2 Å². The number of alkyl halides is 2. The maximum atomic E-state index is 12.3. The zero-order valence-corrected chi connectivity index (χ0v) is 8.79. The summed E-state index contributed by atoms with van der Waals surface area (Å²) in [6.07, 6.45) is -3.04. The van der Waals surface area contributed by atoms with E-state index in [0.717, 1.165) is 5.01 Å². The maximum absolute atomic E-state index is 12.3. The fourth-order valence-corrected chi connectivity index (χ4v) is 1.56. The van der Waals surface area contributed by atoms with Gasteiger partial charge in [0.1, 0.15) is 5.71 Å². The number of amides is 1. The van der Waals surface area contributed by atoms with E-state index in [1.807, 2.05) is 0 Å². The number of halogens is 3. The minimum atomic E-state index is -2.70. The lowest BCUT2D eigenvalue weighted by atomic mass is 10.2. The van der Waals surface area contributed by atoms with Crippen LogP contribution in [-0.2, 0) is 4.79 Å². The van der Waals surface area contributed by atoms with Crippen LogP contribution in [0.3, 0.4) is 0 Å². The highest BCUT2D eigenvalue weighted by Gasteiger charge is 2.30. The van der Waals surface area contributed by atoms with E-state index in [2.05, 4.69) is 5.10 Å². The Bertz CT molecular complexity index is 462. The van der Waals surface area contributed by atoms with E-state index >= 15 is 0 Å². The summed E-state index contributed by atoms with van der Waals surface area (Å²) in [5.74, 6) is -0.474. The van der Waals surface area contributed by atoms with Crippen molar-refractivity contribution in [3.63, 3.8) is 0 Å². The SMILES string of the molecule is O=C1CC(C(F)F)=NN1c1cccc(Cl)c1. The molecule has 84 valence electrons. The zero-order chi connectivity index (χ0) is 11.7. The molecule has 0 N–H and O–H groups in total. The summed E-state index contributed by atoms with van der Waals surface area (Å²) in [6.45, 7) is 0. The van der Waals surface area contributed by atoms with Gasteiger partial charge in [-0.2, -0.15) is 5.10 Å². The molecule has 2 rings (SSSR count). The van der Waals surface area contributed by atoms with Crippen LogP contribution in [0.1, 0.15) is 6.42 Å². The summed E-state index contributed by atoms with van der Waals surface area (Å²) < 4.78 is 24.7. The van der Waals surface area contributed by atoms with Crippen LogP contribution < -0.4 is 5.01 Å². The number of nitrogens with zero attached hydrogens (tertiary/aromatic N) is 2. The van der Waals surface area contributed by atoms with Crippen molar-refractivity contribution in [3.8, 4) is 0 Å². The zero-order valence-electron chi connectivity index (χ0n) is 8.03. The Morgan fingerprint density at radius 3 is 2.75 bits per heavy atom. The number of hydrogen-bond acceptors (Lipinski definition) is 2. The van der Waals surface area contributed by atoms with Gasteiger partial charge in [0.05, 0.1) is 12.1 Å². The average molecular weight is 245 g/mol. The minimum Gasteiger partial charge on any atom is -0.272 e. The van der Waals surface area contributed by atoms with Crippen LogP contribution in [0, 0.1) is 0 Å². The smallest absolute Gasteiger partial charge is 0.272 e. The third-order valence-corrected chi connectivity index (χ3v) is 2.34. The molecule has 6 heteroatoms. The van der Waals surface area contributed by atoms with E-state index < -0.39 is 18.0 Å². The number of anilines is 1. The Morgan fingerprint density at radius 2 is 2.19 bits per heavy atom. The Hall–Kier alpha value is -1.49. The Balaban J connectivity index is 2.31. The third-order valence-electron chi connectivity index (χ3n) is 2.10. The monoisotopic (exact) mass is 244 g/mol. The quantitative estimate of drug-likeness (QED) is 0.787. The largest absolute Gasteiger partial charge is 0.278 e. The standard InChI is InChI=1S/C10H7ClF2N2O/c11-6-2-1-3-7(4-6)15-9(16)5-8(14-15)10(12)13/h1-4,10H,5H2. The Morgan fingerprint density at radius 1 is 1.44 bits per heavy atom. The molecule has 1 amide bonds. The molecule has 0 spiro atoms. The molecule has 0 radical (unpaired) electrons. The molecule has 1 heterocycles. The number of carbonyl (C=O) groups excluding carboxylic acids is 1. The predicted octanol–water partition coefficient (Wildman–Crippen LogP) is 2.70. The van der Waals surface area contributed by atoms with Crippen LogP contribution in [-0.4, -0.2) is 18.0 Å². The normalized spacial score (nSPS) is 15.9. The van der Waals surface area contributed by atoms with Crippen LogP contribution in [0.5, 0.6) is 0 Å². The molecule has 0 saturated carbocycles. The fourth-order valence-electron chi connectivity index (χ4n) is 1.38. The molecule has 0 aliphatic carbocycles. The van der Waals surface area contributed by atoms with Crippen molar-refractivity contribution in [2.75, 3.05) is 5.01 Å². The van der Waals surface area contributed by atoms with E-state index in [4.69, 9.17) is 11.6 Å². The van der Waals surface area contributed by atoms with Gasteiger partial charge in [0, 0.05) is 5.02 Å². The van der Waals surface area contributed by atoms with Crippen molar-refractivity contribution in [1.82, 2.24) is 0 Å². The van der Waals surface area contributed by atoms with Gasteiger partial charge in [0.2, 0.25) is 0 Å². The lowest BCUT2D eigenvalue weighted by molar-refractivity contribution is -0.117. The van der Waals surface area contributed by atoms with Crippen molar-refractivity contribution < 1.29 is 13.6 Å². The number of hydrazone groups is 1. The van der Waals surface area contributed by atoms with Crippen LogP contribution in [0.2, 0.25) is 5.02 Å². The molecule has 1 aliphatic heterocycles. The molecule has 0 atom stereocenters. The number of rotatable bonds is 2. The van der Waals surface area contributed by atoms with Gasteiger partial charge in [0.25, 0.3) is 12.3 Å². The number of benzene rings is 1. The van der Waals surface area contributed by atoms with Crippen LogP contribution in [0.25, 0.3) is 0 Å². The van der Waals surface area contributed by atoms with Gasteiger partial charge >= 0.3 is 0 Å². The molecule has 0 unspecified atom stereocenters. The van der Waals surface area contributed by atoms with Crippen molar-refractivity contribution >= 4 is 28.9 Å². The second kappa shape index (κ2) is 4.17. The van der Waals surface area contributed by atoms with E-state index in [-0.39, 0.29) is 6.42 Å². The molecular formula is C10H7ClF2N2O. The Labute approximate surface area is 95.3 Å². The first-order chi connectivity index (χ1) is 7.58. The second-order valence-corrected chi connectivity index (χ2v) is 3.69. The van der Waals surface area contributed by atoms with Gasteiger partial charge < -0.3 is 0 Å². The average Bonchev–Trinajstić information content (AvgIpc) is 2.60. The van der Waals surface area contributed by atoms with Crippen molar-refractivity contribution in [1.29, 1.82) is 0 Å². The Kier molecular flexibility index (Phi) is 2.87. The molecule has 0 bridgehead atoms. The third kappa shape index (κ3) is 2.04. The molecule has 16 heavy (non-hydrogen) atoms. The van der Waals surface area contributed by atoms with Gasteiger partial charge in [-0.05, 0) is 18.2 Å². The number of carbonyl (C=O) groups is 1. The fraction of sp³-hybridized carbons (Fsp3) is 0.200. The summed E-state index contributed by atoms with van der Waals surface area (Å²) in [7, 11) is 0. The highest BCUT2D eigenvalue weighted by atomic mass is 35.5. The van der Waals surface area contributed by atoms with Crippen molar-refractivity contribution in [2.24, 2.45) is 5.10 Å². The van der Waals surface area contributed by atoms with Crippen LogP contribution in [0.15, 0.2) is 29.4 Å². The second-order valence-electron chi connectivity index (χ2n) is 3.25. The number of hydrogen-bond donors (Lipinski definition) is 0. The van der Waals surface area contributed by atoms with Gasteiger partial charge in [-0.1, -0.05) is 17.7 Å². The predicted molar refractivity (Wildman–Crippen MR) is 57.0 cm³/mol. The van der Waals surface area contributed by atoms with Gasteiger partial charge in [-0.25, -0.2) is 13.8 Å². The van der Waals surface area contributed by atoms with E-state index in [9.17, 15) is 13.6 Å². The van der Waals surface area contributed by atoms with Crippen LogP contribution in [0.4, 0.5) is 14.5 Å².